The number of aromatic nitrogens is 3. The monoisotopic (exact) mass is 432 g/mol. The van der Waals surface area contributed by atoms with Crippen LogP contribution in [0.4, 0.5) is 0 Å². The summed E-state index contributed by atoms with van der Waals surface area (Å²) in [6.45, 7) is 0. The molecule has 4 rings (SSSR count). The van der Waals surface area contributed by atoms with E-state index in [2.05, 4.69) is 31.1 Å². The molecule has 1 aliphatic rings. The van der Waals surface area contributed by atoms with Gasteiger partial charge < -0.3 is 10.3 Å². The summed E-state index contributed by atoms with van der Waals surface area (Å²) in [4.78, 5) is 10.2. The maximum Gasteiger partial charge on any atom is 0.277 e. The fourth-order valence-corrected chi connectivity index (χ4v) is 4.93. The van der Waals surface area contributed by atoms with Gasteiger partial charge in [-0.3, -0.25) is 0 Å². The van der Waals surface area contributed by atoms with Gasteiger partial charge >= 0.3 is 0 Å². The van der Waals surface area contributed by atoms with Crippen molar-refractivity contribution in [1.82, 2.24) is 15.1 Å². The molecule has 0 saturated heterocycles. The fourth-order valence-electron chi connectivity index (χ4n) is 2.67. The van der Waals surface area contributed by atoms with E-state index in [1.807, 2.05) is 17.5 Å². The van der Waals surface area contributed by atoms with Crippen LogP contribution in [0.15, 0.2) is 25.8 Å². The Kier molecular flexibility index (Phi) is 4.89. The number of thiophene rings is 1. The molecule has 0 radical (unpaired) electrons. The van der Waals surface area contributed by atoms with Gasteiger partial charge in [0.1, 0.15) is 10.7 Å². The highest BCUT2D eigenvalue weighted by atomic mass is 79.9. The van der Waals surface area contributed by atoms with E-state index in [0.717, 1.165) is 39.4 Å². The molecule has 9 heteroatoms. The SMILES string of the molecule is Cl.NC1(c2noc(-c3csc(-c4ccc(Br)s4)n3)n2)CCCC1. The molecule has 3 heterocycles. The lowest BCUT2D eigenvalue weighted by molar-refractivity contribution is 0.372. The van der Waals surface area contributed by atoms with Crippen LogP contribution in [0.2, 0.25) is 0 Å². The highest BCUT2D eigenvalue weighted by Gasteiger charge is 2.36. The fraction of sp³-hybridized carbons (Fsp3) is 0.357. The molecule has 2 N–H and O–H groups in total. The molecule has 0 unspecified atom stereocenters. The highest BCUT2D eigenvalue weighted by molar-refractivity contribution is 9.11. The van der Waals surface area contributed by atoms with E-state index in [1.165, 1.54) is 0 Å². The molecular weight excluding hydrogens is 420 g/mol. The summed E-state index contributed by atoms with van der Waals surface area (Å²) in [5, 5.41) is 6.98. The Labute approximate surface area is 155 Å². The van der Waals surface area contributed by atoms with E-state index in [9.17, 15) is 0 Å². The summed E-state index contributed by atoms with van der Waals surface area (Å²) >= 11 is 6.69. The molecule has 1 aliphatic carbocycles. The van der Waals surface area contributed by atoms with E-state index >= 15 is 0 Å². The lowest BCUT2D eigenvalue weighted by Gasteiger charge is -2.17. The molecule has 0 bridgehead atoms. The standard InChI is InChI=1S/C14H13BrN4OS2.ClH/c15-10-4-3-9(22-10)12-17-8(7-21-12)11-18-13(19-20-11)14(16)5-1-2-6-14;/h3-4,7H,1-2,5-6,16H2;1H. The maximum atomic E-state index is 6.36. The molecule has 0 aliphatic heterocycles. The van der Waals surface area contributed by atoms with Gasteiger partial charge in [-0.05, 0) is 40.9 Å². The first kappa shape index (κ1) is 17.0. The van der Waals surface area contributed by atoms with Gasteiger partial charge in [0, 0.05) is 5.38 Å². The van der Waals surface area contributed by atoms with Crippen molar-refractivity contribution in [2.75, 3.05) is 0 Å². The first-order valence-electron chi connectivity index (χ1n) is 6.99. The van der Waals surface area contributed by atoms with Crippen LogP contribution in [-0.2, 0) is 5.54 Å². The van der Waals surface area contributed by atoms with Crippen molar-refractivity contribution in [2.24, 2.45) is 5.73 Å². The smallest absolute Gasteiger partial charge is 0.277 e. The molecule has 0 amide bonds. The second kappa shape index (κ2) is 6.60. The Bertz CT molecular complexity index is 809. The summed E-state index contributed by atoms with van der Waals surface area (Å²) in [5.41, 5.74) is 6.65. The zero-order chi connectivity index (χ0) is 15.2. The average Bonchev–Trinajstić information content (AvgIpc) is 3.25. The normalized spacial score (nSPS) is 16.4. The van der Waals surface area contributed by atoms with Gasteiger partial charge in [-0.1, -0.05) is 18.0 Å². The van der Waals surface area contributed by atoms with Crippen LogP contribution in [0.1, 0.15) is 31.5 Å². The quantitative estimate of drug-likeness (QED) is 0.640. The Morgan fingerprint density at radius 2 is 2.00 bits per heavy atom. The lowest BCUT2D eigenvalue weighted by atomic mass is 9.99. The predicted molar refractivity (Wildman–Crippen MR) is 98.0 cm³/mol. The van der Waals surface area contributed by atoms with Crippen molar-refractivity contribution in [3.63, 3.8) is 0 Å². The third kappa shape index (κ3) is 3.23. The number of hydrogen-bond donors (Lipinski definition) is 1. The minimum atomic E-state index is -0.431. The van der Waals surface area contributed by atoms with Gasteiger partial charge in [0.2, 0.25) is 0 Å². The van der Waals surface area contributed by atoms with Gasteiger partial charge in [-0.2, -0.15) is 4.98 Å². The zero-order valence-electron chi connectivity index (χ0n) is 12.0. The van der Waals surface area contributed by atoms with Crippen LogP contribution in [0.3, 0.4) is 0 Å². The van der Waals surface area contributed by atoms with Gasteiger partial charge in [-0.15, -0.1) is 35.1 Å². The summed E-state index contributed by atoms with van der Waals surface area (Å²) < 4.78 is 6.47. The molecule has 1 saturated carbocycles. The molecule has 5 nitrogen and oxygen atoms in total. The van der Waals surface area contributed by atoms with Crippen molar-refractivity contribution >= 4 is 51.0 Å². The van der Waals surface area contributed by atoms with Crippen molar-refractivity contribution in [3.05, 3.63) is 27.1 Å². The van der Waals surface area contributed by atoms with E-state index < -0.39 is 5.54 Å². The van der Waals surface area contributed by atoms with Crippen LogP contribution < -0.4 is 5.73 Å². The number of nitrogens with zero attached hydrogens (tertiary/aromatic N) is 3. The third-order valence-electron chi connectivity index (χ3n) is 3.87. The van der Waals surface area contributed by atoms with Gasteiger partial charge in [-0.25, -0.2) is 4.98 Å². The van der Waals surface area contributed by atoms with Crippen molar-refractivity contribution in [2.45, 2.75) is 31.2 Å². The van der Waals surface area contributed by atoms with Crippen LogP contribution >= 0.6 is 51.0 Å². The summed E-state index contributed by atoms with van der Waals surface area (Å²) in [7, 11) is 0. The summed E-state index contributed by atoms with van der Waals surface area (Å²) in [6, 6.07) is 4.06. The van der Waals surface area contributed by atoms with Crippen LogP contribution in [0.5, 0.6) is 0 Å². The first-order chi connectivity index (χ1) is 10.6. The minimum Gasteiger partial charge on any atom is -0.332 e. The van der Waals surface area contributed by atoms with Crippen LogP contribution in [-0.4, -0.2) is 15.1 Å². The number of hydrogen-bond acceptors (Lipinski definition) is 7. The Morgan fingerprint density at radius 1 is 1.22 bits per heavy atom. The second-order valence-electron chi connectivity index (χ2n) is 5.43. The van der Waals surface area contributed by atoms with Gasteiger partial charge in [0.25, 0.3) is 5.89 Å². The third-order valence-corrected chi connectivity index (χ3v) is 6.51. The van der Waals surface area contributed by atoms with Crippen molar-refractivity contribution < 1.29 is 4.52 Å². The molecule has 23 heavy (non-hydrogen) atoms. The van der Waals surface area contributed by atoms with E-state index in [0.29, 0.717) is 17.4 Å². The number of rotatable bonds is 3. The molecule has 0 atom stereocenters. The topological polar surface area (TPSA) is 77.8 Å². The van der Waals surface area contributed by atoms with Gasteiger partial charge in [0.05, 0.1) is 14.2 Å². The molecule has 1 fully saturated rings. The van der Waals surface area contributed by atoms with Crippen molar-refractivity contribution in [1.29, 1.82) is 0 Å². The van der Waals surface area contributed by atoms with E-state index in [-0.39, 0.29) is 12.4 Å². The number of nitrogens with two attached hydrogens (primary N) is 1. The number of halogens is 2. The largest absolute Gasteiger partial charge is 0.332 e. The molecule has 122 valence electrons. The zero-order valence-corrected chi connectivity index (χ0v) is 16.0. The predicted octanol–water partition coefficient (Wildman–Crippen LogP) is 4.83. The average molecular weight is 434 g/mol. The van der Waals surface area contributed by atoms with E-state index in [4.69, 9.17) is 10.3 Å². The molecule has 3 aromatic heterocycles. The Balaban J connectivity index is 0.00000156. The minimum absolute atomic E-state index is 0. The Hall–Kier alpha value is -0.800. The van der Waals surface area contributed by atoms with Crippen LogP contribution in [0, 0.1) is 0 Å². The molecule has 0 spiro atoms. The Morgan fingerprint density at radius 3 is 2.70 bits per heavy atom. The highest BCUT2D eigenvalue weighted by Crippen LogP contribution is 2.37. The lowest BCUT2D eigenvalue weighted by Crippen LogP contribution is -2.34. The summed E-state index contributed by atoms with van der Waals surface area (Å²) in [5.74, 6) is 1.05. The summed E-state index contributed by atoms with van der Waals surface area (Å²) in [6.07, 6.45) is 4.07. The van der Waals surface area contributed by atoms with Gasteiger partial charge in [0.15, 0.2) is 5.82 Å². The molecule has 0 aromatic carbocycles. The van der Waals surface area contributed by atoms with Crippen molar-refractivity contribution in [3.8, 4) is 21.5 Å². The number of thiazole rings is 1. The molecular formula is C14H14BrClN4OS2. The molecule has 3 aromatic rings. The van der Waals surface area contributed by atoms with E-state index in [1.54, 1.807) is 22.7 Å². The second-order valence-corrected chi connectivity index (χ2v) is 8.75. The first-order valence-corrected chi connectivity index (χ1v) is 9.48. The van der Waals surface area contributed by atoms with Crippen LogP contribution in [0.25, 0.3) is 21.5 Å². The maximum absolute atomic E-state index is 6.36.